The minimum absolute atomic E-state index is 0.140. The van der Waals surface area contributed by atoms with Crippen LogP contribution in [0.4, 0.5) is 0 Å². The topological polar surface area (TPSA) is 149 Å². The van der Waals surface area contributed by atoms with Crippen molar-refractivity contribution in [3.63, 3.8) is 0 Å². The molecule has 3 atom stereocenters. The number of phosphoric acid groups is 1. The van der Waals surface area contributed by atoms with Gasteiger partial charge in [-0.1, -0.05) is 115 Å². The van der Waals surface area contributed by atoms with E-state index in [1.54, 1.807) is 0 Å². The Kier molecular flexibility index (Phi) is 34.3. The summed E-state index contributed by atoms with van der Waals surface area (Å²) in [6.07, 6.45) is 34.0. The highest BCUT2D eigenvalue weighted by molar-refractivity contribution is 7.47. The molecule has 0 bridgehead atoms. The highest BCUT2D eigenvalue weighted by Crippen LogP contribution is 2.43. The lowest BCUT2D eigenvalue weighted by atomic mass is 10.1. The van der Waals surface area contributed by atoms with E-state index in [1.165, 1.54) is 57.8 Å². The molecule has 0 aromatic rings. The first-order valence-corrected chi connectivity index (χ1v) is 20.9. The van der Waals surface area contributed by atoms with Crippen LogP contribution in [0.3, 0.4) is 0 Å². The number of ether oxygens (including phenoxy) is 2. The van der Waals surface area contributed by atoms with Gasteiger partial charge < -0.3 is 24.6 Å². The molecule has 0 aliphatic carbocycles. The van der Waals surface area contributed by atoms with Crippen molar-refractivity contribution in [1.29, 1.82) is 0 Å². The zero-order valence-corrected chi connectivity index (χ0v) is 32.3. The zero-order chi connectivity index (χ0) is 37.0. The van der Waals surface area contributed by atoms with E-state index in [4.69, 9.17) is 19.1 Å². The van der Waals surface area contributed by atoms with Crippen LogP contribution in [0, 0.1) is 0 Å². The van der Waals surface area contributed by atoms with Crippen molar-refractivity contribution in [2.75, 3.05) is 26.4 Å². The van der Waals surface area contributed by atoms with Crippen molar-refractivity contribution in [3.05, 3.63) is 36.5 Å². The van der Waals surface area contributed by atoms with Gasteiger partial charge in [0.15, 0.2) is 6.10 Å². The van der Waals surface area contributed by atoms with E-state index in [2.05, 4.69) is 54.8 Å². The minimum atomic E-state index is -4.62. The summed E-state index contributed by atoms with van der Waals surface area (Å²) in [6.45, 7) is 2.28. The molecule has 3 N–H and O–H groups in total. The zero-order valence-electron chi connectivity index (χ0n) is 31.4. The number of hydrogen-bond donors (Lipinski definition) is 3. The van der Waals surface area contributed by atoms with Gasteiger partial charge in [0, 0.05) is 12.8 Å². The van der Waals surface area contributed by atoms with Crippen LogP contribution in [-0.4, -0.2) is 65.7 Å². The van der Waals surface area contributed by atoms with Crippen molar-refractivity contribution in [1.82, 2.24) is 0 Å². The van der Waals surface area contributed by atoms with Gasteiger partial charge in [-0.3, -0.25) is 18.6 Å². The second kappa shape index (κ2) is 35.6. The number of hydrogen-bond acceptors (Lipinski definition) is 9. The molecule has 0 spiro atoms. The summed E-state index contributed by atoms with van der Waals surface area (Å²) in [6, 6.07) is 0. The summed E-state index contributed by atoms with van der Waals surface area (Å²) in [7, 11) is -4.62. The van der Waals surface area contributed by atoms with Gasteiger partial charge in [0.05, 0.1) is 19.8 Å². The van der Waals surface area contributed by atoms with Crippen molar-refractivity contribution >= 4 is 19.8 Å². The Morgan fingerprint density at radius 1 is 0.600 bits per heavy atom. The predicted molar refractivity (Wildman–Crippen MR) is 201 cm³/mol. The maximum atomic E-state index is 12.5. The molecule has 50 heavy (non-hydrogen) atoms. The molecule has 0 aliphatic heterocycles. The fourth-order valence-corrected chi connectivity index (χ4v) is 5.75. The highest BCUT2D eigenvalue weighted by Gasteiger charge is 2.27. The van der Waals surface area contributed by atoms with Gasteiger partial charge in [0.2, 0.25) is 0 Å². The fourth-order valence-electron chi connectivity index (χ4n) is 4.96. The van der Waals surface area contributed by atoms with Gasteiger partial charge in [0.1, 0.15) is 12.7 Å². The third-order valence-electron chi connectivity index (χ3n) is 8.02. The molecule has 0 rings (SSSR count). The normalized spacial score (nSPS) is 14.4. The first kappa shape index (κ1) is 48.2. The number of aliphatic hydroxyl groups is 2. The third kappa shape index (κ3) is 34.6. The average Bonchev–Trinajstić information content (AvgIpc) is 3.10. The van der Waals surface area contributed by atoms with E-state index in [0.717, 1.165) is 64.2 Å². The molecule has 292 valence electrons. The molecule has 0 saturated heterocycles. The molecule has 0 radical (unpaired) electrons. The molecule has 0 aromatic heterocycles. The summed E-state index contributed by atoms with van der Waals surface area (Å²) in [5.41, 5.74) is 0. The Bertz CT molecular complexity index is 936. The number of rotatable bonds is 36. The van der Waals surface area contributed by atoms with E-state index in [0.29, 0.717) is 12.8 Å². The molecule has 0 aromatic carbocycles. The molecule has 0 amide bonds. The number of aliphatic hydroxyl groups excluding tert-OH is 2. The Morgan fingerprint density at radius 2 is 1.04 bits per heavy atom. The second-order valence-corrected chi connectivity index (χ2v) is 14.4. The number of carbonyl (C=O) groups excluding carboxylic acids is 2. The largest absolute Gasteiger partial charge is 0.472 e. The van der Waals surface area contributed by atoms with Crippen molar-refractivity contribution in [2.45, 2.75) is 174 Å². The van der Waals surface area contributed by atoms with Crippen LogP contribution in [0.1, 0.15) is 162 Å². The lowest BCUT2D eigenvalue weighted by Gasteiger charge is -2.20. The summed E-state index contributed by atoms with van der Waals surface area (Å²) >= 11 is 0. The first-order valence-electron chi connectivity index (χ1n) is 19.4. The monoisotopic (exact) mass is 730 g/mol. The smallest absolute Gasteiger partial charge is 0.462 e. The number of esters is 2. The molecule has 11 heteroatoms. The summed E-state index contributed by atoms with van der Waals surface area (Å²) < 4.78 is 32.5. The van der Waals surface area contributed by atoms with Gasteiger partial charge in [-0.25, -0.2) is 4.57 Å². The van der Waals surface area contributed by atoms with Crippen LogP contribution in [0.5, 0.6) is 0 Å². The minimum Gasteiger partial charge on any atom is -0.462 e. The Hall–Kier alpha value is -1.81. The number of carbonyl (C=O) groups is 2. The van der Waals surface area contributed by atoms with E-state index >= 15 is 0 Å². The molecule has 0 aliphatic rings. The van der Waals surface area contributed by atoms with Crippen LogP contribution in [0.25, 0.3) is 0 Å². The van der Waals surface area contributed by atoms with Crippen LogP contribution in [-0.2, 0) is 32.7 Å². The van der Waals surface area contributed by atoms with E-state index < -0.39 is 51.8 Å². The Balaban J connectivity index is 4.44. The molecule has 0 heterocycles. The maximum absolute atomic E-state index is 12.5. The van der Waals surface area contributed by atoms with Crippen LogP contribution < -0.4 is 0 Å². The third-order valence-corrected chi connectivity index (χ3v) is 8.97. The Morgan fingerprint density at radius 3 is 1.64 bits per heavy atom. The van der Waals surface area contributed by atoms with Crippen molar-refractivity contribution in [2.24, 2.45) is 0 Å². The second-order valence-electron chi connectivity index (χ2n) is 12.9. The van der Waals surface area contributed by atoms with Crippen molar-refractivity contribution in [3.8, 4) is 0 Å². The van der Waals surface area contributed by atoms with E-state index in [-0.39, 0.29) is 19.4 Å². The number of allylic oxidation sites excluding steroid dienone is 6. The molecule has 1 unspecified atom stereocenters. The highest BCUT2D eigenvalue weighted by atomic mass is 31.2. The Labute approximate surface area is 303 Å². The number of unbranched alkanes of at least 4 members (excludes halogenated alkanes) is 16. The van der Waals surface area contributed by atoms with Gasteiger partial charge in [-0.15, -0.1) is 0 Å². The standard InChI is InChI=1S/C39H71O10P/c1-3-5-7-9-11-13-15-17-18-19-21-23-25-27-29-31-39(43)49-37(35-48-50(44,45)47-33-36(41)32-40)34-46-38(42)30-28-26-24-22-20-16-14-12-10-8-6-4-2/h12,14,17-18,21,23,36-37,40-41H,3-11,13,15-16,19-20,22,24-35H2,1-2H3,(H,44,45)/b14-12+,18-17+,23-21+/t36-,37+/m0/s1. The molecule has 0 saturated carbocycles. The quantitative estimate of drug-likeness (QED) is 0.0246. The summed E-state index contributed by atoms with van der Waals surface area (Å²) in [4.78, 5) is 34.8. The van der Waals surface area contributed by atoms with Gasteiger partial charge >= 0.3 is 19.8 Å². The maximum Gasteiger partial charge on any atom is 0.472 e. The van der Waals surface area contributed by atoms with Crippen LogP contribution in [0.15, 0.2) is 36.5 Å². The van der Waals surface area contributed by atoms with E-state index in [1.807, 2.05) is 0 Å². The molecular formula is C39H71O10P. The van der Waals surface area contributed by atoms with Crippen LogP contribution in [0.2, 0.25) is 0 Å². The fraction of sp³-hybridized carbons (Fsp3) is 0.795. The van der Waals surface area contributed by atoms with E-state index in [9.17, 15) is 24.2 Å². The SMILES string of the molecule is CCCCC/C=C/CCCCCCCC(=O)OC[C@H](COP(=O)(O)OC[C@@H](O)CO)OC(=O)CCCC/C=C/C/C=C/CCCCCCCC. The summed E-state index contributed by atoms with van der Waals surface area (Å²) in [5, 5.41) is 18.3. The molecule has 0 fully saturated rings. The first-order chi connectivity index (χ1) is 24.2. The van der Waals surface area contributed by atoms with Gasteiger partial charge in [0.25, 0.3) is 0 Å². The van der Waals surface area contributed by atoms with Gasteiger partial charge in [-0.2, -0.15) is 0 Å². The van der Waals surface area contributed by atoms with Gasteiger partial charge in [-0.05, 0) is 70.6 Å². The summed E-state index contributed by atoms with van der Waals surface area (Å²) in [5.74, 6) is -0.976. The average molecular weight is 731 g/mol. The lowest BCUT2D eigenvalue weighted by Crippen LogP contribution is -2.29. The van der Waals surface area contributed by atoms with Crippen LogP contribution >= 0.6 is 7.82 Å². The molecular weight excluding hydrogens is 659 g/mol. The molecule has 10 nitrogen and oxygen atoms in total. The predicted octanol–water partition coefficient (Wildman–Crippen LogP) is 9.61. The lowest BCUT2D eigenvalue weighted by molar-refractivity contribution is -0.161. The number of phosphoric ester groups is 1. The van der Waals surface area contributed by atoms with Crippen molar-refractivity contribution < 1.29 is 47.8 Å².